The number of hydrogen-bond acceptors (Lipinski definition) is 3. The molecule has 4 heteroatoms. The van der Waals surface area contributed by atoms with Gasteiger partial charge < -0.3 is 13.3 Å². The van der Waals surface area contributed by atoms with Crippen molar-refractivity contribution in [2.45, 2.75) is 39.2 Å². The van der Waals surface area contributed by atoms with Gasteiger partial charge in [0, 0.05) is 26.9 Å². The van der Waals surface area contributed by atoms with Gasteiger partial charge >= 0.3 is 8.80 Å². The van der Waals surface area contributed by atoms with E-state index < -0.39 is 8.80 Å². The van der Waals surface area contributed by atoms with Crippen molar-refractivity contribution in [3.05, 3.63) is 0 Å². The van der Waals surface area contributed by atoms with E-state index in [0.717, 1.165) is 19.1 Å². The standard InChI is InChI=1S/C9H22O3Si/c1-5-7-8-9-12-13(6-2,10-3)11-4/h5-9H2,1-4H3. The highest BCUT2D eigenvalue weighted by Gasteiger charge is 2.36. The Morgan fingerprint density at radius 3 is 2.00 bits per heavy atom. The van der Waals surface area contributed by atoms with Gasteiger partial charge in [-0.2, -0.15) is 0 Å². The van der Waals surface area contributed by atoms with Crippen LogP contribution in [0, 0.1) is 0 Å². The summed E-state index contributed by atoms with van der Waals surface area (Å²) < 4.78 is 16.3. The van der Waals surface area contributed by atoms with Gasteiger partial charge in [0.25, 0.3) is 0 Å². The molecule has 13 heavy (non-hydrogen) atoms. The first kappa shape index (κ1) is 13.1. The van der Waals surface area contributed by atoms with Crippen molar-refractivity contribution in [1.82, 2.24) is 0 Å². The van der Waals surface area contributed by atoms with Crippen molar-refractivity contribution in [3.63, 3.8) is 0 Å². The Balaban J connectivity index is 3.68. The third-order valence-electron chi connectivity index (χ3n) is 2.12. The average Bonchev–Trinajstić information content (AvgIpc) is 2.20. The van der Waals surface area contributed by atoms with E-state index in [4.69, 9.17) is 13.3 Å². The summed E-state index contributed by atoms with van der Waals surface area (Å²) in [5.74, 6) is 0. The lowest BCUT2D eigenvalue weighted by atomic mass is 10.3. The van der Waals surface area contributed by atoms with Crippen LogP contribution < -0.4 is 0 Å². The summed E-state index contributed by atoms with van der Waals surface area (Å²) in [6, 6.07) is 0.839. The first-order chi connectivity index (χ1) is 6.24. The first-order valence-corrected chi connectivity index (χ1v) is 6.92. The number of hydrogen-bond donors (Lipinski definition) is 0. The molecule has 0 atom stereocenters. The summed E-state index contributed by atoms with van der Waals surface area (Å²) >= 11 is 0. The monoisotopic (exact) mass is 206 g/mol. The smallest absolute Gasteiger partial charge is 0.377 e. The number of rotatable bonds is 8. The Hall–Kier alpha value is 0.0969. The van der Waals surface area contributed by atoms with Gasteiger partial charge in [-0.1, -0.05) is 26.7 Å². The molecule has 0 saturated heterocycles. The SMILES string of the molecule is CCCCCO[Si](CC)(OC)OC. The molecule has 0 N–H and O–H groups in total. The Labute approximate surface area is 82.8 Å². The van der Waals surface area contributed by atoms with E-state index in [1.54, 1.807) is 14.2 Å². The topological polar surface area (TPSA) is 27.7 Å². The van der Waals surface area contributed by atoms with Crippen LogP contribution in [0.25, 0.3) is 0 Å². The fourth-order valence-electron chi connectivity index (χ4n) is 1.17. The van der Waals surface area contributed by atoms with Crippen molar-refractivity contribution in [2.75, 3.05) is 20.8 Å². The molecule has 0 spiro atoms. The van der Waals surface area contributed by atoms with Gasteiger partial charge in [-0.15, -0.1) is 0 Å². The lowest BCUT2D eigenvalue weighted by Crippen LogP contribution is -2.43. The van der Waals surface area contributed by atoms with E-state index in [1.165, 1.54) is 12.8 Å². The van der Waals surface area contributed by atoms with Crippen molar-refractivity contribution in [1.29, 1.82) is 0 Å². The Morgan fingerprint density at radius 1 is 1.00 bits per heavy atom. The summed E-state index contributed by atoms with van der Waals surface area (Å²) in [4.78, 5) is 0. The van der Waals surface area contributed by atoms with Gasteiger partial charge in [0.05, 0.1) is 0 Å². The third-order valence-corrected chi connectivity index (χ3v) is 4.88. The van der Waals surface area contributed by atoms with Crippen LogP contribution in [-0.4, -0.2) is 29.6 Å². The normalized spacial score (nSPS) is 12.0. The predicted molar refractivity (Wildman–Crippen MR) is 55.7 cm³/mol. The van der Waals surface area contributed by atoms with Crippen molar-refractivity contribution >= 4 is 8.80 Å². The molecule has 0 unspecified atom stereocenters. The molecule has 0 aliphatic heterocycles. The molecule has 0 aromatic carbocycles. The molecule has 0 aliphatic rings. The molecule has 0 radical (unpaired) electrons. The Kier molecular flexibility index (Phi) is 7.55. The van der Waals surface area contributed by atoms with Crippen molar-refractivity contribution in [2.24, 2.45) is 0 Å². The molecule has 0 aliphatic carbocycles. The van der Waals surface area contributed by atoms with Crippen LogP contribution in [0.15, 0.2) is 0 Å². The summed E-state index contributed by atoms with van der Waals surface area (Å²) in [5, 5.41) is 0. The predicted octanol–water partition coefficient (Wildman–Crippen LogP) is 2.44. The molecule has 0 rings (SSSR count). The zero-order valence-corrected chi connectivity index (χ0v) is 10.3. The van der Waals surface area contributed by atoms with Crippen molar-refractivity contribution < 1.29 is 13.3 Å². The van der Waals surface area contributed by atoms with E-state index >= 15 is 0 Å². The van der Waals surface area contributed by atoms with Gasteiger partial charge in [-0.05, 0) is 6.42 Å². The van der Waals surface area contributed by atoms with Crippen LogP contribution in [0.1, 0.15) is 33.1 Å². The highest BCUT2D eigenvalue weighted by atomic mass is 28.4. The second-order valence-corrected chi connectivity index (χ2v) is 6.18. The third kappa shape index (κ3) is 4.76. The largest absolute Gasteiger partial charge is 0.500 e. The zero-order valence-electron chi connectivity index (χ0n) is 9.26. The van der Waals surface area contributed by atoms with Crippen LogP contribution in [0.5, 0.6) is 0 Å². The minimum atomic E-state index is -2.27. The summed E-state index contributed by atoms with van der Waals surface area (Å²) in [6.07, 6.45) is 3.52. The first-order valence-electron chi connectivity index (χ1n) is 4.99. The molecule has 3 nitrogen and oxygen atoms in total. The number of unbranched alkanes of at least 4 members (excludes halogenated alkanes) is 2. The summed E-state index contributed by atoms with van der Waals surface area (Å²) in [6.45, 7) is 4.98. The molecular formula is C9H22O3Si. The molecule has 80 valence electrons. The van der Waals surface area contributed by atoms with Gasteiger partial charge in [0.1, 0.15) is 0 Å². The van der Waals surface area contributed by atoms with Crippen LogP contribution in [0.4, 0.5) is 0 Å². The van der Waals surface area contributed by atoms with Crippen molar-refractivity contribution in [3.8, 4) is 0 Å². The second-order valence-electron chi connectivity index (χ2n) is 3.00. The highest BCUT2D eigenvalue weighted by molar-refractivity contribution is 6.60. The Bertz CT molecular complexity index is 107. The molecule has 0 aromatic heterocycles. The lowest BCUT2D eigenvalue weighted by Gasteiger charge is -2.24. The van der Waals surface area contributed by atoms with Crippen LogP contribution in [0.3, 0.4) is 0 Å². The summed E-state index contributed by atoms with van der Waals surface area (Å²) in [7, 11) is 1.06. The fourth-order valence-corrected chi connectivity index (χ4v) is 2.81. The average molecular weight is 206 g/mol. The molecule has 0 saturated carbocycles. The van der Waals surface area contributed by atoms with Gasteiger partial charge in [0.15, 0.2) is 0 Å². The quantitative estimate of drug-likeness (QED) is 0.451. The van der Waals surface area contributed by atoms with E-state index in [-0.39, 0.29) is 0 Å². The van der Waals surface area contributed by atoms with Crippen LogP contribution in [-0.2, 0) is 13.3 Å². The minimum Gasteiger partial charge on any atom is -0.377 e. The van der Waals surface area contributed by atoms with Gasteiger partial charge in [-0.3, -0.25) is 0 Å². The van der Waals surface area contributed by atoms with Crippen LogP contribution in [0.2, 0.25) is 6.04 Å². The van der Waals surface area contributed by atoms with E-state index in [2.05, 4.69) is 6.92 Å². The molecule has 0 aromatic rings. The Morgan fingerprint density at radius 2 is 1.62 bits per heavy atom. The van der Waals surface area contributed by atoms with Gasteiger partial charge in [-0.25, -0.2) is 0 Å². The molecular weight excluding hydrogens is 184 g/mol. The molecule has 0 amide bonds. The van der Waals surface area contributed by atoms with Crippen LogP contribution >= 0.6 is 0 Å². The minimum absolute atomic E-state index is 0.760. The maximum absolute atomic E-state index is 5.67. The highest BCUT2D eigenvalue weighted by Crippen LogP contribution is 2.13. The molecule has 0 heterocycles. The fraction of sp³-hybridized carbons (Fsp3) is 1.00. The lowest BCUT2D eigenvalue weighted by molar-refractivity contribution is 0.0978. The van der Waals surface area contributed by atoms with E-state index in [1.807, 2.05) is 6.92 Å². The van der Waals surface area contributed by atoms with Gasteiger partial charge in [0.2, 0.25) is 0 Å². The second kappa shape index (κ2) is 7.50. The van der Waals surface area contributed by atoms with E-state index in [0.29, 0.717) is 0 Å². The maximum Gasteiger partial charge on any atom is 0.500 e. The van der Waals surface area contributed by atoms with E-state index in [9.17, 15) is 0 Å². The summed E-state index contributed by atoms with van der Waals surface area (Å²) in [5.41, 5.74) is 0. The molecule has 0 fully saturated rings. The zero-order chi connectivity index (χ0) is 10.2. The molecule has 0 bridgehead atoms. The maximum atomic E-state index is 5.67.